The molecule has 1 N–H and O–H groups in total. The molecule has 0 aromatic heterocycles. The fourth-order valence-corrected chi connectivity index (χ4v) is 4.90. The summed E-state index contributed by atoms with van der Waals surface area (Å²) >= 11 is 13.6. The molecule has 0 unspecified atom stereocenters. The van der Waals surface area contributed by atoms with Crippen molar-refractivity contribution >= 4 is 84.0 Å². The molecule has 0 atom stereocenters. The fraction of sp³-hybridized carbons (Fsp3) is 0.115. The van der Waals surface area contributed by atoms with Gasteiger partial charge >= 0.3 is 0 Å². The van der Waals surface area contributed by atoms with Crippen LogP contribution >= 0.6 is 55.2 Å². The summed E-state index contributed by atoms with van der Waals surface area (Å²) in [6, 6.07) is 17.5. The van der Waals surface area contributed by atoms with Crippen molar-refractivity contribution in [2.75, 3.05) is 19.0 Å². The maximum atomic E-state index is 12.9. The lowest BCUT2D eigenvalue weighted by atomic mass is 10.1. The fourth-order valence-electron chi connectivity index (χ4n) is 3.37. The zero-order valence-electron chi connectivity index (χ0n) is 19.3. The molecule has 0 spiro atoms. The van der Waals surface area contributed by atoms with Crippen LogP contribution in [-0.2, 0) is 16.1 Å². The van der Waals surface area contributed by atoms with Crippen molar-refractivity contribution in [1.29, 1.82) is 0 Å². The minimum atomic E-state index is -0.371. The first-order valence-corrected chi connectivity index (χ1v) is 13.6. The molecule has 0 saturated carbocycles. The van der Waals surface area contributed by atoms with Gasteiger partial charge in [0, 0.05) is 14.6 Å². The number of carbonyl (C=O) groups is 3. The summed E-state index contributed by atoms with van der Waals surface area (Å²) in [5.74, 6) is 0.000188. The van der Waals surface area contributed by atoms with E-state index in [1.807, 2.05) is 24.3 Å². The Kier molecular flexibility index (Phi) is 8.96. The van der Waals surface area contributed by atoms with E-state index >= 15 is 0 Å². The number of carbonyl (C=O) groups excluding carboxylic acids is 3. The zero-order chi connectivity index (χ0) is 26.5. The molecule has 11 heteroatoms. The second kappa shape index (κ2) is 12.2. The molecule has 1 heterocycles. The predicted octanol–water partition coefficient (Wildman–Crippen LogP) is 7.13. The lowest BCUT2D eigenvalue weighted by Gasteiger charge is -2.13. The molecule has 4 rings (SSSR count). The summed E-state index contributed by atoms with van der Waals surface area (Å²) in [5, 5.41) is 2.86. The first-order valence-electron chi connectivity index (χ1n) is 10.8. The van der Waals surface area contributed by atoms with E-state index < -0.39 is 0 Å². The molecule has 1 aliphatic rings. The summed E-state index contributed by atoms with van der Waals surface area (Å²) in [6.45, 7) is -0.0573. The standard InChI is InChI=1S/C26H19Br2ClN2O5S/c1-35-22-10-16(4-9-21(22)36-14-24(32)30-18-7-8-19(28)20(29)12-18)11-23-25(33)31(26(34)37-23)13-15-2-5-17(27)6-3-15/h2-12H,13-14H2,1H3,(H,30,32)/b23-11-. The van der Waals surface area contributed by atoms with E-state index in [0.717, 1.165) is 26.3 Å². The number of thioether (sulfide) groups is 1. The second-order valence-corrected chi connectivity index (χ2v) is 10.9. The smallest absolute Gasteiger partial charge is 0.293 e. The van der Waals surface area contributed by atoms with Crippen LogP contribution in [0.3, 0.4) is 0 Å². The maximum Gasteiger partial charge on any atom is 0.293 e. The Labute approximate surface area is 239 Å². The van der Waals surface area contributed by atoms with Crippen LogP contribution in [0.15, 0.2) is 74.5 Å². The first-order chi connectivity index (χ1) is 17.7. The van der Waals surface area contributed by atoms with E-state index in [-0.39, 0.29) is 30.2 Å². The van der Waals surface area contributed by atoms with Crippen LogP contribution in [0.25, 0.3) is 6.08 Å². The van der Waals surface area contributed by atoms with Crippen molar-refractivity contribution < 1.29 is 23.9 Å². The number of hydrogen-bond donors (Lipinski definition) is 1. The Bertz CT molecular complexity index is 1400. The third-order valence-corrected chi connectivity index (χ3v) is 7.84. The van der Waals surface area contributed by atoms with Crippen LogP contribution in [-0.4, -0.2) is 35.7 Å². The molecule has 0 radical (unpaired) electrons. The lowest BCUT2D eigenvalue weighted by molar-refractivity contribution is -0.123. The first kappa shape index (κ1) is 27.3. The molecule has 7 nitrogen and oxygen atoms in total. The molecule has 37 heavy (non-hydrogen) atoms. The highest BCUT2D eigenvalue weighted by atomic mass is 79.9. The minimum absolute atomic E-state index is 0.194. The Balaban J connectivity index is 1.41. The quantitative estimate of drug-likeness (QED) is 0.258. The van der Waals surface area contributed by atoms with Crippen molar-refractivity contribution in [3.05, 3.63) is 90.7 Å². The Morgan fingerprint density at radius 3 is 2.51 bits per heavy atom. The van der Waals surface area contributed by atoms with E-state index in [2.05, 4.69) is 37.2 Å². The summed E-state index contributed by atoms with van der Waals surface area (Å²) in [4.78, 5) is 39.2. The highest BCUT2D eigenvalue weighted by molar-refractivity contribution is 9.10. The summed E-state index contributed by atoms with van der Waals surface area (Å²) in [5.41, 5.74) is 2.03. The molecular weight excluding hydrogens is 648 g/mol. The number of nitrogens with zero attached hydrogens (tertiary/aromatic N) is 1. The second-order valence-electron chi connectivity index (χ2n) is 7.77. The minimum Gasteiger partial charge on any atom is -0.493 e. The largest absolute Gasteiger partial charge is 0.493 e. The van der Waals surface area contributed by atoms with Gasteiger partial charge in [0.25, 0.3) is 17.1 Å². The summed E-state index contributed by atoms with van der Waals surface area (Å²) < 4.78 is 12.7. The molecule has 3 aromatic rings. The van der Waals surface area contributed by atoms with Gasteiger partial charge in [-0.25, -0.2) is 0 Å². The van der Waals surface area contributed by atoms with Gasteiger partial charge in [-0.3, -0.25) is 19.3 Å². The van der Waals surface area contributed by atoms with Crippen molar-refractivity contribution in [1.82, 2.24) is 4.90 Å². The topological polar surface area (TPSA) is 84.9 Å². The monoisotopic (exact) mass is 664 g/mol. The molecule has 190 valence electrons. The third-order valence-electron chi connectivity index (χ3n) is 5.18. The van der Waals surface area contributed by atoms with Crippen molar-refractivity contribution in [3.8, 4) is 11.5 Å². The molecule has 1 fully saturated rings. The Morgan fingerprint density at radius 1 is 1.05 bits per heavy atom. The van der Waals surface area contributed by atoms with Gasteiger partial charge in [0.2, 0.25) is 0 Å². The molecule has 1 saturated heterocycles. The number of nitrogens with one attached hydrogen (secondary N) is 1. The van der Waals surface area contributed by atoms with Gasteiger partial charge in [-0.1, -0.05) is 45.7 Å². The Morgan fingerprint density at radius 2 is 1.81 bits per heavy atom. The molecular formula is C26H19Br2ClN2O5S. The maximum absolute atomic E-state index is 12.9. The van der Waals surface area contributed by atoms with E-state index in [1.54, 1.807) is 42.5 Å². The van der Waals surface area contributed by atoms with E-state index in [1.165, 1.54) is 12.0 Å². The van der Waals surface area contributed by atoms with Gasteiger partial charge in [-0.15, -0.1) is 0 Å². The van der Waals surface area contributed by atoms with Crippen LogP contribution in [0.2, 0.25) is 5.02 Å². The molecule has 0 aliphatic carbocycles. The van der Waals surface area contributed by atoms with E-state index in [4.69, 9.17) is 21.1 Å². The molecule has 0 bridgehead atoms. The van der Waals surface area contributed by atoms with Crippen LogP contribution < -0.4 is 14.8 Å². The number of anilines is 1. The van der Waals surface area contributed by atoms with Gasteiger partial charge in [-0.2, -0.15) is 0 Å². The number of amides is 3. The van der Waals surface area contributed by atoms with Gasteiger partial charge in [-0.05, 0) is 87.4 Å². The number of methoxy groups -OCH3 is 1. The van der Waals surface area contributed by atoms with Crippen LogP contribution in [0.4, 0.5) is 10.5 Å². The number of halogens is 3. The number of ether oxygens (including phenoxy) is 2. The Hall–Kier alpha value is -2.79. The van der Waals surface area contributed by atoms with Crippen LogP contribution in [0.1, 0.15) is 11.1 Å². The highest BCUT2D eigenvalue weighted by Gasteiger charge is 2.35. The van der Waals surface area contributed by atoms with Crippen molar-refractivity contribution in [2.45, 2.75) is 6.54 Å². The van der Waals surface area contributed by atoms with Gasteiger partial charge in [0.15, 0.2) is 18.1 Å². The molecule has 1 aliphatic heterocycles. The van der Waals surface area contributed by atoms with Crippen molar-refractivity contribution in [3.63, 3.8) is 0 Å². The van der Waals surface area contributed by atoms with E-state index in [0.29, 0.717) is 32.7 Å². The summed E-state index contributed by atoms with van der Waals surface area (Å²) in [6.07, 6.45) is 1.63. The number of imide groups is 1. The average Bonchev–Trinajstić information content (AvgIpc) is 3.13. The number of benzene rings is 3. The van der Waals surface area contributed by atoms with Gasteiger partial charge < -0.3 is 14.8 Å². The van der Waals surface area contributed by atoms with Gasteiger partial charge in [0.05, 0.1) is 23.6 Å². The third kappa shape index (κ3) is 6.95. The predicted molar refractivity (Wildman–Crippen MR) is 152 cm³/mol. The average molecular weight is 667 g/mol. The lowest BCUT2D eigenvalue weighted by Crippen LogP contribution is -2.27. The van der Waals surface area contributed by atoms with Gasteiger partial charge in [0.1, 0.15) is 0 Å². The van der Waals surface area contributed by atoms with E-state index in [9.17, 15) is 14.4 Å². The summed E-state index contributed by atoms with van der Waals surface area (Å²) in [7, 11) is 1.47. The SMILES string of the molecule is COc1cc(/C=C2\SC(=O)N(Cc3ccc(Br)cc3)C2=O)ccc1OCC(=O)Nc1ccc(Br)c(Cl)c1. The number of hydrogen-bond acceptors (Lipinski definition) is 6. The molecule has 3 aromatic carbocycles. The zero-order valence-corrected chi connectivity index (χ0v) is 24.0. The highest BCUT2D eigenvalue weighted by Crippen LogP contribution is 2.35. The molecule has 3 amide bonds. The normalized spacial score (nSPS) is 14.3. The van der Waals surface area contributed by atoms with Crippen molar-refractivity contribution in [2.24, 2.45) is 0 Å². The van der Waals surface area contributed by atoms with Crippen LogP contribution in [0, 0.1) is 0 Å². The van der Waals surface area contributed by atoms with Crippen LogP contribution in [0.5, 0.6) is 11.5 Å². The number of rotatable bonds is 8.